The minimum absolute atomic E-state index is 0.112. The van der Waals surface area contributed by atoms with Crippen molar-refractivity contribution in [2.45, 2.75) is 44.6 Å². The zero-order valence-electron chi connectivity index (χ0n) is 18.8. The van der Waals surface area contributed by atoms with Crippen LogP contribution in [-0.4, -0.2) is 53.5 Å². The van der Waals surface area contributed by atoms with Gasteiger partial charge in [0.15, 0.2) is 11.4 Å². The van der Waals surface area contributed by atoms with E-state index in [0.29, 0.717) is 55.7 Å². The molecule has 0 saturated carbocycles. The Morgan fingerprint density at radius 3 is 2.69 bits per heavy atom. The minimum atomic E-state index is -0.798. The number of amides is 2. The van der Waals surface area contributed by atoms with E-state index in [1.54, 1.807) is 11.1 Å². The average Bonchev–Trinajstić information content (AvgIpc) is 3.24. The molecule has 2 aliphatic rings. The van der Waals surface area contributed by atoms with Crippen molar-refractivity contribution in [2.75, 3.05) is 31.5 Å². The van der Waals surface area contributed by atoms with Crippen LogP contribution in [0.15, 0.2) is 48.8 Å². The number of aromatic nitrogens is 1. The molecule has 2 fully saturated rings. The number of pyridine rings is 1. The van der Waals surface area contributed by atoms with Crippen LogP contribution in [0.1, 0.15) is 44.6 Å². The van der Waals surface area contributed by atoms with Crippen LogP contribution in [-0.2, 0) is 4.79 Å². The van der Waals surface area contributed by atoms with Crippen molar-refractivity contribution >= 4 is 17.5 Å². The third-order valence-electron chi connectivity index (χ3n) is 6.60. The zero-order chi connectivity index (χ0) is 22.6. The predicted octanol–water partition coefficient (Wildman–Crippen LogP) is 3.83. The lowest BCUT2D eigenvalue weighted by Gasteiger charge is -2.39. The zero-order valence-corrected chi connectivity index (χ0v) is 18.8. The van der Waals surface area contributed by atoms with Crippen LogP contribution in [0.5, 0.6) is 5.75 Å². The number of ether oxygens (including phenoxy) is 1. The monoisotopic (exact) mass is 436 g/mol. The number of hydrogen-bond donors (Lipinski definition) is 2. The molecule has 32 heavy (non-hydrogen) atoms. The number of anilines is 1. The summed E-state index contributed by atoms with van der Waals surface area (Å²) in [5.74, 6) is 1.50. The molecule has 0 spiro atoms. The second-order valence-electron chi connectivity index (χ2n) is 9.01. The van der Waals surface area contributed by atoms with Crippen LogP contribution >= 0.6 is 0 Å². The van der Waals surface area contributed by atoms with E-state index in [9.17, 15) is 9.59 Å². The highest BCUT2D eigenvalue weighted by atomic mass is 16.5. The molecule has 2 aliphatic heterocycles. The number of nitrogens with zero attached hydrogens (tertiary/aromatic N) is 2. The van der Waals surface area contributed by atoms with Gasteiger partial charge in [-0.15, -0.1) is 0 Å². The van der Waals surface area contributed by atoms with E-state index in [1.165, 1.54) is 0 Å². The molecular weight excluding hydrogens is 404 g/mol. The number of hydrogen-bond acceptors (Lipinski definition) is 5. The normalized spacial score (nSPS) is 21.6. The number of carbonyl (C=O) groups excluding carboxylic acids is 2. The maximum atomic E-state index is 13.0. The Balaban J connectivity index is 1.32. The van der Waals surface area contributed by atoms with Gasteiger partial charge in [-0.05, 0) is 48.4 Å². The van der Waals surface area contributed by atoms with Crippen LogP contribution in [0.25, 0.3) is 0 Å². The average molecular weight is 437 g/mol. The standard InChI is InChI=1S/C25H32N4O3/c1-3-18(2)13-23(30)25(10-12-27-17-25)32-22-8-6-21(7-9-22)28-24(31)29-15-20(16-29)19-5-4-11-26-14-19/h4-9,11,14,18,20,27H,3,10,12-13,15-17H2,1-2H3,(H,28,31)/t18?,25-/m1/s1. The molecule has 2 atom stereocenters. The fourth-order valence-electron chi connectivity index (χ4n) is 4.20. The first-order valence-electron chi connectivity index (χ1n) is 11.5. The number of urea groups is 1. The Morgan fingerprint density at radius 1 is 1.28 bits per heavy atom. The van der Waals surface area contributed by atoms with Gasteiger partial charge in [-0.3, -0.25) is 9.78 Å². The number of nitrogens with one attached hydrogen (secondary N) is 2. The first-order chi connectivity index (χ1) is 15.5. The van der Waals surface area contributed by atoms with E-state index < -0.39 is 5.60 Å². The highest BCUT2D eigenvalue weighted by Gasteiger charge is 2.43. The van der Waals surface area contributed by atoms with Gasteiger partial charge < -0.3 is 20.3 Å². The van der Waals surface area contributed by atoms with E-state index in [4.69, 9.17) is 4.74 Å². The maximum Gasteiger partial charge on any atom is 0.321 e. The number of Topliss-reactive ketones (excluding diaryl/α,β-unsaturated/α-hetero) is 1. The predicted molar refractivity (Wildman–Crippen MR) is 124 cm³/mol. The Morgan fingerprint density at radius 2 is 2.06 bits per heavy atom. The van der Waals surface area contributed by atoms with Crippen molar-refractivity contribution in [3.05, 3.63) is 54.4 Å². The second-order valence-corrected chi connectivity index (χ2v) is 9.01. The quantitative estimate of drug-likeness (QED) is 0.657. The van der Waals surface area contributed by atoms with Gasteiger partial charge in [0.25, 0.3) is 0 Å². The molecule has 1 aromatic carbocycles. The lowest BCUT2D eigenvalue weighted by molar-refractivity contribution is -0.134. The number of rotatable bonds is 8. The molecule has 2 aromatic rings. The molecule has 0 radical (unpaired) electrons. The van der Waals surface area contributed by atoms with Gasteiger partial charge in [0.2, 0.25) is 0 Å². The summed E-state index contributed by atoms with van der Waals surface area (Å²) in [5, 5.41) is 6.21. The Kier molecular flexibility index (Phi) is 6.74. The first-order valence-corrected chi connectivity index (χ1v) is 11.5. The number of likely N-dealkylation sites (tertiary alicyclic amines) is 1. The molecule has 0 bridgehead atoms. The van der Waals surface area contributed by atoms with E-state index >= 15 is 0 Å². The SMILES string of the molecule is CCC(C)CC(=O)[C@@]1(Oc2ccc(NC(=O)N3CC(c4cccnc4)C3)cc2)CCNC1. The Labute approximate surface area is 189 Å². The van der Waals surface area contributed by atoms with E-state index in [1.807, 2.05) is 42.6 Å². The molecule has 2 N–H and O–H groups in total. The second kappa shape index (κ2) is 9.69. The van der Waals surface area contributed by atoms with Gasteiger partial charge in [-0.25, -0.2) is 4.79 Å². The molecule has 7 heteroatoms. The number of benzene rings is 1. The van der Waals surface area contributed by atoms with Gasteiger partial charge in [-0.1, -0.05) is 26.3 Å². The maximum absolute atomic E-state index is 13.0. The fraction of sp³-hybridized carbons (Fsp3) is 0.480. The molecule has 3 heterocycles. The van der Waals surface area contributed by atoms with Gasteiger partial charge >= 0.3 is 6.03 Å². The van der Waals surface area contributed by atoms with Gasteiger partial charge in [0.1, 0.15) is 5.75 Å². The van der Waals surface area contributed by atoms with Gasteiger partial charge in [-0.2, -0.15) is 0 Å². The smallest absolute Gasteiger partial charge is 0.321 e. The molecule has 7 nitrogen and oxygen atoms in total. The van der Waals surface area contributed by atoms with Gasteiger partial charge in [0.05, 0.1) is 0 Å². The summed E-state index contributed by atoms with van der Waals surface area (Å²) in [7, 11) is 0. The van der Waals surface area contributed by atoms with Gasteiger partial charge in [0, 0.05) is 56.5 Å². The largest absolute Gasteiger partial charge is 0.478 e. The summed E-state index contributed by atoms with van der Waals surface area (Å²) < 4.78 is 6.23. The van der Waals surface area contributed by atoms with Crippen LogP contribution in [0.4, 0.5) is 10.5 Å². The highest BCUT2D eigenvalue weighted by Crippen LogP contribution is 2.30. The molecular formula is C25H32N4O3. The van der Waals surface area contributed by atoms with Crippen molar-refractivity contribution in [3.8, 4) is 5.75 Å². The summed E-state index contributed by atoms with van der Waals surface area (Å²) in [4.78, 5) is 31.4. The van der Waals surface area contributed by atoms with Crippen molar-refractivity contribution in [3.63, 3.8) is 0 Å². The highest BCUT2D eigenvalue weighted by molar-refractivity contribution is 5.90. The number of ketones is 1. The van der Waals surface area contributed by atoms with Crippen LogP contribution in [0.3, 0.4) is 0 Å². The van der Waals surface area contributed by atoms with Crippen molar-refractivity contribution in [1.82, 2.24) is 15.2 Å². The van der Waals surface area contributed by atoms with Crippen molar-refractivity contribution in [2.24, 2.45) is 5.92 Å². The lowest BCUT2D eigenvalue weighted by atomic mass is 9.89. The Bertz CT molecular complexity index is 920. The third kappa shape index (κ3) is 4.93. The van der Waals surface area contributed by atoms with E-state index in [2.05, 4.69) is 29.5 Å². The summed E-state index contributed by atoms with van der Waals surface area (Å²) in [6.07, 6.45) is 5.80. The molecule has 2 amide bonds. The van der Waals surface area contributed by atoms with E-state index in [-0.39, 0.29) is 11.8 Å². The molecule has 0 aliphatic carbocycles. The van der Waals surface area contributed by atoms with E-state index in [0.717, 1.165) is 18.5 Å². The molecule has 1 aromatic heterocycles. The molecule has 2 saturated heterocycles. The summed E-state index contributed by atoms with van der Waals surface area (Å²) in [5.41, 5.74) is 1.07. The number of carbonyl (C=O) groups is 2. The summed E-state index contributed by atoms with van der Waals surface area (Å²) in [6.45, 7) is 6.89. The topological polar surface area (TPSA) is 83.6 Å². The molecule has 4 rings (SSSR count). The molecule has 170 valence electrons. The summed E-state index contributed by atoms with van der Waals surface area (Å²) in [6, 6.07) is 11.1. The first kappa shape index (κ1) is 22.3. The Hall–Kier alpha value is -2.93. The van der Waals surface area contributed by atoms with Crippen LogP contribution < -0.4 is 15.4 Å². The fourth-order valence-corrected chi connectivity index (χ4v) is 4.20. The van der Waals surface area contributed by atoms with Crippen molar-refractivity contribution < 1.29 is 14.3 Å². The van der Waals surface area contributed by atoms with Crippen molar-refractivity contribution in [1.29, 1.82) is 0 Å². The minimum Gasteiger partial charge on any atom is -0.478 e. The summed E-state index contributed by atoms with van der Waals surface area (Å²) >= 11 is 0. The van der Waals surface area contributed by atoms with Crippen LogP contribution in [0, 0.1) is 5.92 Å². The van der Waals surface area contributed by atoms with Crippen LogP contribution in [0.2, 0.25) is 0 Å². The third-order valence-corrected chi connectivity index (χ3v) is 6.60. The molecule has 1 unspecified atom stereocenters. The lowest BCUT2D eigenvalue weighted by Crippen LogP contribution is -2.50.